The first-order valence-electron chi connectivity index (χ1n) is 10.3. The Balaban J connectivity index is 1.49. The van der Waals surface area contributed by atoms with Crippen molar-refractivity contribution >= 4 is 34.2 Å². The Morgan fingerprint density at radius 2 is 2.16 bits per heavy atom. The van der Waals surface area contributed by atoms with Crippen LogP contribution < -0.4 is 11.1 Å². The second kappa shape index (κ2) is 8.72. The van der Waals surface area contributed by atoms with E-state index < -0.39 is 11.8 Å². The van der Waals surface area contributed by atoms with Gasteiger partial charge in [-0.3, -0.25) is 19.4 Å². The van der Waals surface area contributed by atoms with Gasteiger partial charge in [0, 0.05) is 19.3 Å². The first kappa shape index (κ1) is 20.8. The van der Waals surface area contributed by atoms with Gasteiger partial charge in [-0.05, 0) is 39.4 Å². The third kappa shape index (κ3) is 4.36. The zero-order valence-electron chi connectivity index (χ0n) is 17.7. The van der Waals surface area contributed by atoms with Gasteiger partial charge >= 0.3 is 11.8 Å². The molecule has 1 unspecified atom stereocenters. The van der Waals surface area contributed by atoms with E-state index in [0.717, 1.165) is 38.0 Å². The summed E-state index contributed by atoms with van der Waals surface area (Å²) in [6.45, 7) is 2.15. The molecule has 1 fully saturated rings. The molecular weight excluding hydrogens is 398 g/mol. The molecule has 0 saturated carbocycles. The molecule has 11 heteroatoms. The van der Waals surface area contributed by atoms with E-state index in [1.165, 1.54) is 12.4 Å². The molecule has 2 amide bonds. The van der Waals surface area contributed by atoms with E-state index in [0.29, 0.717) is 29.0 Å². The maximum absolute atomic E-state index is 13.1. The van der Waals surface area contributed by atoms with Crippen molar-refractivity contribution in [3.8, 4) is 0 Å². The minimum absolute atomic E-state index is 0.218. The van der Waals surface area contributed by atoms with E-state index >= 15 is 0 Å². The lowest BCUT2D eigenvalue weighted by molar-refractivity contribution is -0.146. The van der Waals surface area contributed by atoms with Gasteiger partial charge in [0.1, 0.15) is 5.82 Å². The van der Waals surface area contributed by atoms with Gasteiger partial charge in [-0.25, -0.2) is 4.98 Å². The molecule has 0 aliphatic carbocycles. The van der Waals surface area contributed by atoms with Crippen LogP contribution in [0.15, 0.2) is 24.7 Å². The lowest BCUT2D eigenvalue weighted by Gasteiger charge is -2.34. The molecule has 3 aromatic rings. The highest BCUT2D eigenvalue weighted by molar-refractivity contribution is 6.40. The number of hydrogen-bond acceptors (Lipinski definition) is 7. The number of H-pyrrole nitrogens is 1. The highest BCUT2D eigenvalue weighted by Gasteiger charge is 2.33. The fraction of sp³-hybridized carbons (Fsp3) is 0.450. The van der Waals surface area contributed by atoms with Crippen molar-refractivity contribution < 1.29 is 9.59 Å². The van der Waals surface area contributed by atoms with Crippen LogP contribution in [0.3, 0.4) is 0 Å². The average Bonchev–Trinajstić information content (AvgIpc) is 3.44. The molecule has 1 aliphatic heterocycles. The number of carbonyl (C=O) groups excluding carboxylic acids is 2. The highest BCUT2D eigenvalue weighted by Crippen LogP contribution is 2.30. The van der Waals surface area contributed by atoms with Crippen molar-refractivity contribution in [2.24, 2.45) is 0 Å². The molecule has 0 bridgehead atoms. The lowest BCUT2D eigenvalue weighted by Crippen LogP contribution is -2.44. The summed E-state index contributed by atoms with van der Waals surface area (Å²) in [4.78, 5) is 33.6. The summed E-state index contributed by atoms with van der Waals surface area (Å²) in [6, 6.07) is 1.71. The number of fused-ring (bicyclic) bond motifs is 1. The Morgan fingerprint density at radius 1 is 1.32 bits per heavy atom. The highest BCUT2D eigenvalue weighted by atomic mass is 16.2. The van der Waals surface area contributed by atoms with Gasteiger partial charge in [-0.1, -0.05) is 0 Å². The number of nitrogens with one attached hydrogen (secondary N) is 2. The SMILES string of the molecule is CN(C)CCn1ccc(C2CCCCN2C(=O)C(=O)Nc2cnc(N)c3cn[nH]c23)n1. The Morgan fingerprint density at radius 3 is 2.97 bits per heavy atom. The van der Waals surface area contributed by atoms with Crippen LogP contribution in [0.25, 0.3) is 10.9 Å². The lowest BCUT2D eigenvalue weighted by atomic mass is 9.99. The van der Waals surface area contributed by atoms with Gasteiger partial charge in [-0.15, -0.1) is 0 Å². The second-order valence-electron chi connectivity index (χ2n) is 7.99. The molecule has 4 rings (SSSR count). The number of pyridine rings is 1. The molecular formula is C20H27N9O2. The van der Waals surface area contributed by atoms with Crippen LogP contribution >= 0.6 is 0 Å². The van der Waals surface area contributed by atoms with Crippen molar-refractivity contribution in [3.05, 3.63) is 30.4 Å². The smallest absolute Gasteiger partial charge is 0.314 e. The summed E-state index contributed by atoms with van der Waals surface area (Å²) in [5.41, 5.74) is 7.53. The zero-order chi connectivity index (χ0) is 22.0. The van der Waals surface area contributed by atoms with Crippen LogP contribution in [-0.2, 0) is 16.1 Å². The van der Waals surface area contributed by atoms with Crippen molar-refractivity contribution in [1.82, 2.24) is 34.8 Å². The number of nitrogen functional groups attached to an aromatic ring is 1. The maximum Gasteiger partial charge on any atom is 0.314 e. The second-order valence-corrected chi connectivity index (χ2v) is 7.99. The molecule has 1 aliphatic rings. The molecule has 1 atom stereocenters. The molecule has 164 valence electrons. The number of piperidine rings is 1. The van der Waals surface area contributed by atoms with Crippen LogP contribution in [-0.4, -0.2) is 73.8 Å². The van der Waals surface area contributed by atoms with Gasteiger partial charge in [-0.2, -0.15) is 10.2 Å². The minimum Gasteiger partial charge on any atom is -0.383 e. The summed E-state index contributed by atoms with van der Waals surface area (Å²) in [6.07, 6.45) is 7.48. The monoisotopic (exact) mass is 425 g/mol. The van der Waals surface area contributed by atoms with E-state index in [-0.39, 0.29) is 6.04 Å². The molecule has 31 heavy (non-hydrogen) atoms. The predicted molar refractivity (Wildman–Crippen MR) is 116 cm³/mol. The fourth-order valence-electron chi connectivity index (χ4n) is 3.82. The Kier molecular flexibility index (Phi) is 5.85. The summed E-state index contributed by atoms with van der Waals surface area (Å²) >= 11 is 0. The molecule has 0 radical (unpaired) electrons. The summed E-state index contributed by atoms with van der Waals surface area (Å²) in [5, 5.41) is 14.6. The van der Waals surface area contributed by atoms with Crippen LogP contribution in [0.4, 0.5) is 11.5 Å². The van der Waals surface area contributed by atoms with Crippen molar-refractivity contribution in [3.63, 3.8) is 0 Å². The molecule has 3 aromatic heterocycles. The van der Waals surface area contributed by atoms with Crippen LogP contribution in [0.2, 0.25) is 0 Å². The van der Waals surface area contributed by atoms with Gasteiger partial charge in [0.15, 0.2) is 0 Å². The summed E-state index contributed by atoms with van der Waals surface area (Å²) in [7, 11) is 4.02. The Hall–Kier alpha value is -3.47. The van der Waals surface area contributed by atoms with E-state index in [9.17, 15) is 9.59 Å². The largest absolute Gasteiger partial charge is 0.383 e. The van der Waals surface area contributed by atoms with Gasteiger partial charge in [0.05, 0.1) is 47.3 Å². The molecule has 0 aromatic carbocycles. The quantitative estimate of drug-likeness (QED) is 0.518. The molecule has 4 N–H and O–H groups in total. The third-order valence-electron chi connectivity index (χ3n) is 5.50. The number of carbonyl (C=O) groups is 2. The molecule has 1 saturated heterocycles. The predicted octanol–water partition coefficient (Wildman–Crippen LogP) is 0.991. The van der Waals surface area contributed by atoms with E-state index in [4.69, 9.17) is 5.73 Å². The molecule has 11 nitrogen and oxygen atoms in total. The first-order chi connectivity index (χ1) is 14.9. The third-order valence-corrected chi connectivity index (χ3v) is 5.50. The number of hydrogen-bond donors (Lipinski definition) is 3. The van der Waals surface area contributed by atoms with Gasteiger partial charge < -0.3 is 20.9 Å². The number of aromatic nitrogens is 5. The van der Waals surface area contributed by atoms with E-state index in [1.807, 2.05) is 31.0 Å². The van der Waals surface area contributed by atoms with E-state index in [2.05, 4.69) is 30.5 Å². The first-order valence-corrected chi connectivity index (χ1v) is 10.3. The minimum atomic E-state index is -0.721. The van der Waals surface area contributed by atoms with Crippen LogP contribution in [0, 0.1) is 0 Å². The van der Waals surface area contributed by atoms with Crippen molar-refractivity contribution in [2.45, 2.75) is 31.8 Å². The van der Waals surface area contributed by atoms with Gasteiger partial charge in [0.2, 0.25) is 0 Å². The Bertz CT molecular complexity index is 1090. The number of rotatable bonds is 5. The molecule has 0 spiro atoms. The van der Waals surface area contributed by atoms with Gasteiger partial charge in [0.25, 0.3) is 0 Å². The fourth-order valence-corrected chi connectivity index (χ4v) is 3.82. The zero-order valence-corrected chi connectivity index (χ0v) is 17.7. The van der Waals surface area contributed by atoms with Crippen LogP contribution in [0.5, 0.6) is 0 Å². The number of likely N-dealkylation sites (N-methyl/N-ethyl adjacent to an activating group) is 1. The number of nitrogens with zero attached hydrogens (tertiary/aromatic N) is 6. The standard InChI is InChI=1S/C20H27N9O2/c1-27(2)9-10-28-8-6-14(26-28)16-5-3-4-7-29(16)20(31)19(30)24-15-12-22-18(21)13-11-23-25-17(13)15/h6,8,11-12,16H,3-5,7,9-10H2,1-2H3,(H2,21,22)(H,23,25)(H,24,30). The Labute approximate surface area is 179 Å². The average molecular weight is 425 g/mol. The van der Waals surface area contributed by atoms with Crippen LogP contribution in [0.1, 0.15) is 31.0 Å². The number of aromatic amines is 1. The summed E-state index contributed by atoms with van der Waals surface area (Å²) in [5.74, 6) is -1.01. The van der Waals surface area contributed by atoms with Crippen molar-refractivity contribution in [1.29, 1.82) is 0 Å². The normalized spacial score (nSPS) is 16.7. The number of amides is 2. The van der Waals surface area contributed by atoms with Crippen molar-refractivity contribution in [2.75, 3.05) is 38.2 Å². The topological polar surface area (TPSA) is 138 Å². The number of likely N-dealkylation sites (tertiary alicyclic amines) is 1. The van der Waals surface area contributed by atoms with E-state index in [1.54, 1.807) is 4.90 Å². The maximum atomic E-state index is 13.1. The number of nitrogens with two attached hydrogens (primary N) is 1. The summed E-state index contributed by atoms with van der Waals surface area (Å²) < 4.78 is 1.88. The molecule has 4 heterocycles. The number of anilines is 2.